The molecule has 1 aromatic heterocycles. The summed E-state index contributed by atoms with van der Waals surface area (Å²) in [6.07, 6.45) is -5.83. The van der Waals surface area contributed by atoms with Gasteiger partial charge in [0.1, 0.15) is 0 Å². The average Bonchev–Trinajstić information content (AvgIpc) is 2.54. The van der Waals surface area contributed by atoms with E-state index in [2.05, 4.69) is 0 Å². The molecule has 1 heterocycles. The van der Waals surface area contributed by atoms with Gasteiger partial charge in [-0.05, 0) is 17.7 Å². The molecule has 2 rings (SSSR count). The van der Waals surface area contributed by atoms with Crippen LogP contribution in [0.5, 0.6) is 0 Å². The summed E-state index contributed by atoms with van der Waals surface area (Å²) in [4.78, 5) is 0. The van der Waals surface area contributed by atoms with Crippen LogP contribution in [0.1, 0.15) is 5.56 Å². The fourth-order valence-electron chi connectivity index (χ4n) is 1.93. The Labute approximate surface area is 107 Å². The molecular weight excluding hydrogens is 267 g/mol. The lowest BCUT2D eigenvalue weighted by Crippen LogP contribution is -2.30. The third-order valence-electron chi connectivity index (χ3n) is 2.83. The van der Waals surface area contributed by atoms with Gasteiger partial charge in [0.05, 0.1) is 0 Å². The lowest BCUT2D eigenvalue weighted by atomic mass is 10.1. The van der Waals surface area contributed by atoms with E-state index in [4.69, 9.17) is 16.7 Å². The van der Waals surface area contributed by atoms with E-state index in [1.807, 2.05) is 0 Å². The molecule has 0 fully saturated rings. The largest absolute Gasteiger partial charge is 0.414 e. The number of nitrogens with zero attached hydrogens (tertiary/aromatic N) is 1. The maximum absolute atomic E-state index is 12.3. The third kappa shape index (κ3) is 2.47. The minimum Gasteiger partial charge on any atom is -0.383 e. The van der Waals surface area contributed by atoms with Crippen molar-refractivity contribution < 1.29 is 18.3 Å². The maximum atomic E-state index is 12.3. The Balaban J connectivity index is 2.41. The van der Waals surface area contributed by atoms with Crippen LogP contribution in [0.15, 0.2) is 24.4 Å². The second-order valence-corrected chi connectivity index (χ2v) is 4.62. The summed E-state index contributed by atoms with van der Waals surface area (Å²) >= 11 is 5.84. The molecule has 18 heavy (non-hydrogen) atoms. The van der Waals surface area contributed by atoms with E-state index in [-0.39, 0.29) is 0 Å². The number of rotatable bonds is 2. The monoisotopic (exact) mass is 277 g/mol. The van der Waals surface area contributed by atoms with Gasteiger partial charge in [-0.1, -0.05) is 17.7 Å². The number of halogens is 4. The van der Waals surface area contributed by atoms with Crippen LogP contribution < -0.4 is 0 Å². The number of aromatic nitrogens is 1. The van der Waals surface area contributed by atoms with Crippen LogP contribution in [-0.4, -0.2) is 22.0 Å². The minimum atomic E-state index is -4.60. The molecule has 2 aromatic rings. The zero-order chi connectivity index (χ0) is 13.5. The summed E-state index contributed by atoms with van der Waals surface area (Å²) in [5.74, 6) is 0. The van der Waals surface area contributed by atoms with Gasteiger partial charge in [0.2, 0.25) is 0 Å². The zero-order valence-electron chi connectivity index (χ0n) is 9.50. The number of aliphatic hydroxyl groups is 1. The molecule has 1 N–H and O–H groups in total. The van der Waals surface area contributed by atoms with Gasteiger partial charge >= 0.3 is 6.18 Å². The molecule has 0 amide bonds. The number of hydrogen-bond donors (Lipinski definition) is 1. The Morgan fingerprint density at radius 1 is 1.39 bits per heavy atom. The topological polar surface area (TPSA) is 25.2 Å². The highest BCUT2D eigenvalue weighted by Gasteiger charge is 2.38. The van der Waals surface area contributed by atoms with Crippen molar-refractivity contribution in [1.29, 1.82) is 0 Å². The van der Waals surface area contributed by atoms with Crippen molar-refractivity contribution in [2.45, 2.75) is 18.7 Å². The number of aliphatic hydroxyl groups excluding tert-OH is 1. The van der Waals surface area contributed by atoms with E-state index in [9.17, 15) is 13.2 Å². The molecular formula is C12H11ClF3NO. The number of benzene rings is 1. The SMILES string of the molecule is Cn1cc(CC(O)C(F)(F)F)c2ccc(Cl)cc21. The van der Waals surface area contributed by atoms with Crippen molar-refractivity contribution >= 4 is 22.5 Å². The molecule has 1 aromatic carbocycles. The van der Waals surface area contributed by atoms with E-state index in [0.29, 0.717) is 16.0 Å². The van der Waals surface area contributed by atoms with Crippen molar-refractivity contribution in [1.82, 2.24) is 4.57 Å². The molecule has 0 saturated heterocycles. The second kappa shape index (κ2) is 4.48. The lowest BCUT2D eigenvalue weighted by Gasteiger charge is -2.13. The van der Waals surface area contributed by atoms with Crippen molar-refractivity contribution in [3.63, 3.8) is 0 Å². The lowest BCUT2D eigenvalue weighted by molar-refractivity contribution is -0.202. The smallest absolute Gasteiger partial charge is 0.383 e. The number of fused-ring (bicyclic) bond motifs is 1. The fraction of sp³-hybridized carbons (Fsp3) is 0.333. The molecule has 0 aliphatic carbocycles. The van der Waals surface area contributed by atoms with Gasteiger partial charge in [0, 0.05) is 35.6 Å². The van der Waals surface area contributed by atoms with Crippen LogP contribution >= 0.6 is 11.6 Å². The predicted molar refractivity (Wildman–Crippen MR) is 63.7 cm³/mol. The van der Waals surface area contributed by atoms with E-state index in [1.165, 1.54) is 0 Å². The molecule has 0 radical (unpaired) electrons. The Morgan fingerprint density at radius 3 is 2.67 bits per heavy atom. The van der Waals surface area contributed by atoms with Crippen LogP contribution in [0.2, 0.25) is 5.02 Å². The van der Waals surface area contributed by atoms with Crippen LogP contribution in [0.4, 0.5) is 13.2 Å². The first-order chi connectivity index (χ1) is 8.29. The van der Waals surface area contributed by atoms with E-state index in [1.54, 1.807) is 36.0 Å². The highest BCUT2D eigenvalue weighted by Crippen LogP contribution is 2.28. The highest BCUT2D eigenvalue weighted by atomic mass is 35.5. The number of hydrogen-bond acceptors (Lipinski definition) is 1. The van der Waals surface area contributed by atoms with E-state index < -0.39 is 18.7 Å². The van der Waals surface area contributed by atoms with E-state index >= 15 is 0 Å². The Bertz CT molecular complexity index is 576. The van der Waals surface area contributed by atoms with Gasteiger partial charge < -0.3 is 9.67 Å². The summed E-state index contributed by atoms with van der Waals surface area (Å²) in [7, 11) is 1.72. The first kappa shape index (κ1) is 13.2. The van der Waals surface area contributed by atoms with E-state index in [0.717, 1.165) is 5.52 Å². The maximum Gasteiger partial charge on any atom is 0.414 e. The van der Waals surface area contributed by atoms with Crippen molar-refractivity contribution in [3.8, 4) is 0 Å². The van der Waals surface area contributed by atoms with Crippen molar-refractivity contribution in [2.75, 3.05) is 0 Å². The summed E-state index contributed by atoms with van der Waals surface area (Å²) in [5, 5.41) is 10.3. The van der Waals surface area contributed by atoms with Crippen LogP contribution in [-0.2, 0) is 13.5 Å². The summed E-state index contributed by atoms with van der Waals surface area (Å²) in [5.41, 5.74) is 1.20. The molecule has 98 valence electrons. The number of aryl methyl sites for hydroxylation is 1. The van der Waals surface area contributed by atoms with Crippen LogP contribution in [0.3, 0.4) is 0 Å². The Kier molecular flexibility index (Phi) is 3.29. The van der Waals surface area contributed by atoms with Crippen LogP contribution in [0.25, 0.3) is 10.9 Å². The second-order valence-electron chi connectivity index (χ2n) is 4.19. The first-order valence-corrected chi connectivity index (χ1v) is 5.65. The van der Waals surface area contributed by atoms with Crippen molar-refractivity contribution in [2.24, 2.45) is 7.05 Å². The standard InChI is InChI=1S/C12H11ClF3NO/c1-17-6-7(4-11(18)12(14,15)16)9-3-2-8(13)5-10(9)17/h2-3,5-6,11,18H,4H2,1H3. The first-order valence-electron chi connectivity index (χ1n) is 5.27. The van der Waals surface area contributed by atoms with Crippen molar-refractivity contribution in [3.05, 3.63) is 35.0 Å². The fourth-order valence-corrected chi connectivity index (χ4v) is 2.09. The van der Waals surface area contributed by atoms with Crippen LogP contribution in [0, 0.1) is 0 Å². The average molecular weight is 278 g/mol. The molecule has 2 nitrogen and oxygen atoms in total. The third-order valence-corrected chi connectivity index (χ3v) is 3.06. The minimum absolute atomic E-state index is 0.453. The quantitative estimate of drug-likeness (QED) is 0.895. The summed E-state index contributed by atoms with van der Waals surface area (Å²) in [6.45, 7) is 0. The molecule has 0 aliphatic heterocycles. The predicted octanol–water partition coefficient (Wildman–Crippen LogP) is 3.30. The molecule has 1 atom stereocenters. The van der Waals surface area contributed by atoms with Gasteiger partial charge in [-0.2, -0.15) is 13.2 Å². The molecule has 0 spiro atoms. The Morgan fingerprint density at radius 2 is 2.06 bits per heavy atom. The zero-order valence-corrected chi connectivity index (χ0v) is 10.3. The van der Waals surface area contributed by atoms with Gasteiger partial charge in [-0.3, -0.25) is 0 Å². The van der Waals surface area contributed by atoms with Gasteiger partial charge in [-0.15, -0.1) is 0 Å². The molecule has 1 unspecified atom stereocenters. The molecule has 6 heteroatoms. The van der Waals surface area contributed by atoms with Gasteiger partial charge in [-0.25, -0.2) is 0 Å². The van der Waals surface area contributed by atoms with Gasteiger partial charge in [0.25, 0.3) is 0 Å². The molecule has 0 aliphatic rings. The molecule has 0 saturated carbocycles. The Hall–Kier alpha value is -1.20. The summed E-state index contributed by atoms with van der Waals surface area (Å²) in [6, 6.07) is 4.96. The number of alkyl halides is 3. The highest BCUT2D eigenvalue weighted by molar-refractivity contribution is 6.31. The summed E-state index contributed by atoms with van der Waals surface area (Å²) < 4.78 is 38.7. The molecule has 0 bridgehead atoms. The van der Waals surface area contributed by atoms with Gasteiger partial charge in [0.15, 0.2) is 6.10 Å². The normalized spacial score (nSPS) is 14.1.